The van der Waals surface area contributed by atoms with Gasteiger partial charge in [0.15, 0.2) is 5.82 Å². The minimum absolute atomic E-state index is 0.0647. The molecule has 216 valence electrons. The van der Waals surface area contributed by atoms with Crippen molar-refractivity contribution in [1.29, 1.82) is 0 Å². The Morgan fingerprint density at radius 3 is 1.79 bits per heavy atom. The molecule has 1 aromatic heterocycles. The Labute approximate surface area is 232 Å². The Balaban J connectivity index is 1.45. The van der Waals surface area contributed by atoms with Gasteiger partial charge in [-0.1, -0.05) is 54.6 Å². The van der Waals surface area contributed by atoms with Crippen LogP contribution < -0.4 is 5.32 Å². The van der Waals surface area contributed by atoms with E-state index >= 15 is 0 Å². The highest BCUT2D eigenvalue weighted by Gasteiger charge is 2.37. The van der Waals surface area contributed by atoms with Gasteiger partial charge in [0, 0.05) is 17.5 Å². The van der Waals surface area contributed by atoms with E-state index in [9.17, 15) is 39.5 Å². The molecule has 4 aromatic carbocycles. The quantitative estimate of drug-likeness (QED) is 0.207. The van der Waals surface area contributed by atoms with E-state index in [0.717, 1.165) is 6.07 Å². The molecule has 3 nitrogen and oxygen atoms in total. The molecule has 0 fully saturated rings. The number of benzene rings is 4. The first kappa shape index (κ1) is 28.9. The fourth-order valence-corrected chi connectivity index (χ4v) is 4.38. The zero-order chi connectivity index (χ0) is 30.3. The SMILES string of the molecule is FC(F)(F)c1cc(-c2ccc(CNc3nc(-c4ccccc4C(F)(F)F)nc4ccccc34)cc2)cc(C(F)(F)F)c1. The van der Waals surface area contributed by atoms with Crippen molar-refractivity contribution in [3.05, 3.63) is 113 Å². The summed E-state index contributed by atoms with van der Waals surface area (Å²) in [7, 11) is 0. The summed E-state index contributed by atoms with van der Waals surface area (Å²) < 4.78 is 121. The second-order valence-corrected chi connectivity index (χ2v) is 9.30. The van der Waals surface area contributed by atoms with Gasteiger partial charge in [-0.2, -0.15) is 39.5 Å². The van der Waals surface area contributed by atoms with Crippen LogP contribution in [0.3, 0.4) is 0 Å². The highest BCUT2D eigenvalue weighted by Crippen LogP contribution is 2.39. The third kappa shape index (κ3) is 6.17. The molecular weight excluding hydrogens is 573 g/mol. The van der Waals surface area contributed by atoms with Gasteiger partial charge in [-0.15, -0.1) is 0 Å². The van der Waals surface area contributed by atoms with Crippen molar-refractivity contribution in [3.8, 4) is 22.5 Å². The van der Waals surface area contributed by atoms with Crippen LogP contribution in [0.25, 0.3) is 33.4 Å². The summed E-state index contributed by atoms with van der Waals surface area (Å²) in [6, 6.07) is 18.8. The van der Waals surface area contributed by atoms with Crippen LogP contribution in [0.15, 0.2) is 91.0 Å². The monoisotopic (exact) mass is 591 g/mol. The van der Waals surface area contributed by atoms with Crippen molar-refractivity contribution < 1.29 is 39.5 Å². The predicted molar refractivity (Wildman–Crippen MR) is 139 cm³/mol. The van der Waals surface area contributed by atoms with Crippen LogP contribution in [0.5, 0.6) is 0 Å². The number of rotatable bonds is 5. The number of hydrogen-bond acceptors (Lipinski definition) is 3. The molecule has 0 bridgehead atoms. The minimum Gasteiger partial charge on any atom is -0.365 e. The van der Waals surface area contributed by atoms with Gasteiger partial charge in [0.05, 0.1) is 22.2 Å². The second-order valence-electron chi connectivity index (χ2n) is 9.30. The lowest BCUT2D eigenvalue weighted by Gasteiger charge is -2.15. The molecule has 0 saturated heterocycles. The maximum Gasteiger partial charge on any atom is 0.417 e. The topological polar surface area (TPSA) is 37.8 Å². The van der Waals surface area contributed by atoms with E-state index < -0.39 is 35.2 Å². The fraction of sp³-hybridized carbons (Fsp3) is 0.133. The Kier molecular flexibility index (Phi) is 7.33. The van der Waals surface area contributed by atoms with Gasteiger partial charge >= 0.3 is 18.5 Å². The molecule has 1 N–H and O–H groups in total. The highest BCUT2D eigenvalue weighted by molar-refractivity contribution is 5.90. The maximum absolute atomic E-state index is 13.7. The Morgan fingerprint density at radius 1 is 0.571 bits per heavy atom. The summed E-state index contributed by atoms with van der Waals surface area (Å²) in [6.45, 7) is 0.0953. The average molecular weight is 591 g/mol. The average Bonchev–Trinajstić information content (AvgIpc) is 2.94. The number of aromatic nitrogens is 2. The van der Waals surface area contributed by atoms with Crippen LogP contribution in [0.2, 0.25) is 0 Å². The van der Waals surface area contributed by atoms with Gasteiger partial charge in [0.25, 0.3) is 0 Å². The van der Waals surface area contributed by atoms with Crippen LogP contribution in [-0.4, -0.2) is 9.97 Å². The van der Waals surface area contributed by atoms with Gasteiger partial charge in [-0.3, -0.25) is 0 Å². The van der Waals surface area contributed by atoms with E-state index in [4.69, 9.17) is 0 Å². The lowest BCUT2D eigenvalue weighted by molar-refractivity contribution is -0.143. The van der Waals surface area contributed by atoms with E-state index in [2.05, 4.69) is 15.3 Å². The first-order valence-corrected chi connectivity index (χ1v) is 12.3. The molecule has 0 saturated carbocycles. The van der Waals surface area contributed by atoms with Crippen molar-refractivity contribution in [3.63, 3.8) is 0 Å². The minimum atomic E-state index is -4.97. The molecule has 5 aromatic rings. The highest BCUT2D eigenvalue weighted by atomic mass is 19.4. The molecule has 0 amide bonds. The second kappa shape index (κ2) is 10.7. The van der Waals surface area contributed by atoms with Gasteiger partial charge in [-0.25, -0.2) is 9.97 Å². The number of halogens is 9. The normalized spacial score (nSPS) is 12.5. The zero-order valence-electron chi connectivity index (χ0n) is 21.2. The van der Waals surface area contributed by atoms with Crippen LogP contribution in [-0.2, 0) is 25.1 Å². The molecule has 5 rings (SSSR count). The van der Waals surface area contributed by atoms with Gasteiger partial charge in [0.2, 0.25) is 0 Å². The molecule has 1 heterocycles. The molecular formula is C30H18F9N3. The van der Waals surface area contributed by atoms with Gasteiger partial charge < -0.3 is 5.32 Å². The van der Waals surface area contributed by atoms with Crippen molar-refractivity contribution in [2.45, 2.75) is 25.1 Å². The molecule has 0 radical (unpaired) electrons. The molecule has 0 aliphatic rings. The Hall–Kier alpha value is -4.61. The predicted octanol–water partition coefficient (Wildman–Crippen LogP) is 9.63. The third-order valence-electron chi connectivity index (χ3n) is 6.41. The standard InChI is InChI=1S/C30H18F9N3/c31-28(32,33)20-13-19(14-21(15-20)29(34,35)36)18-11-9-17(10-12-18)16-40-26-23-6-2-4-8-25(23)41-27(42-26)22-5-1-3-7-24(22)30(37,38)39/h1-15H,16H2,(H,40,41,42). The first-order valence-electron chi connectivity index (χ1n) is 12.3. The van der Waals surface area contributed by atoms with E-state index in [-0.39, 0.29) is 40.9 Å². The number of nitrogens with zero attached hydrogens (tertiary/aromatic N) is 2. The molecule has 0 spiro atoms. The third-order valence-corrected chi connectivity index (χ3v) is 6.41. The summed E-state index contributed by atoms with van der Waals surface area (Å²) in [5.41, 5.74) is -3.09. The number of anilines is 1. The van der Waals surface area contributed by atoms with E-state index in [1.165, 1.54) is 42.5 Å². The van der Waals surface area contributed by atoms with E-state index in [0.29, 0.717) is 28.6 Å². The summed E-state index contributed by atoms with van der Waals surface area (Å²) in [5.74, 6) is 0.0915. The summed E-state index contributed by atoms with van der Waals surface area (Å²) >= 11 is 0. The van der Waals surface area contributed by atoms with Crippen molar-refractivity contribution in [2.75, 3.05) is 5.32 Å². The van der Waals surface area contributed by atoms with Crippen LogP contribution in [0, 0.1) is 0 Å². The first-order chi connectivity index (χ1) is 19.7. The van der Waals surface area contributed by atoms with Crippen LogP contribution in [0.1, 0.15) is 22.3 Å². The largest absolute Gasteiger partial charge is 0.417 e. The molecule has 0 unspecified atom stereocenters. The number of alkyl halides is 9. The van der Waals surface area contributed by atoms with E-state index in [1.54, 1.807) is 24.3 Å². The molecule has 0 aliphatic carbocycles. The molecule has 42 heavy (non-hydrogen) atoms. The van der Waals surface area contributed by atoms with E-state index in [1.807, 2.05) is 0 Å². The van der Waals surface area contributed by atoms with Crippen LogP contribution in [0.4, 0.5) is 45.3 Å². The molecule has 0 atom stereocenters. The van der Waals surface area contributed by atoms with Gasteiger partial charge in [0.1, 0.15) is 5.82 Å². The smallest absolute Gasteiger partial charge is 0.365 e. The lowest BCUT2D eigenvalue weighted by atomic mass is 9.98. The molecule has 12 heteroatoms. The Bertz CT molecular complexity index is 1710. The number of para-hydroxylation sites is 1. The number of nitrogens with one attached hydrogen (secondary N) is 1. The zero-order valence-corrected chi connectivity index (χ0v) is 21.2. The van der Waals surface area contributed by atoms with Crippen molar-refractivity contribution in [1.82, 2.24) is 9.97 Å². The summed E-state index contributed by atoms with van der Waals surface area (Å²) in [6.07, 6.45) is -14.6. The van der Waals surface area contributed by atoms with Crippen molar-refractivity contribution in [2.24, 2.45) is 0 Å². The van der Waals surface area contributed by atoms with Crippen molar-refractivity contribution >= 4 is 16.7 Å². The summed E-state index contributed by atoms with van der Waals surface area (Å²) in [5, 5.41) is 3.59. The number of hydrogen-bond donors (Lipinski definition) is 1. The number of fused-ring (bicyclic) bond motifs is 1. The Morgan fingerprint density at radius 2 is 1.17 bits per heavy atom. The molecule has 0 aliphatic heterocycles. The lowest BCUT2D eigenvalue weighted by Crippen LogP contribution is -2.11. The maximum atomic E-state index is 13.7. The summed E-state index contributed by atoms with van der Waals surface area (Å²) in [4.78, 5) is 8.67. The van der Waals surface area contributed by atoms with Crippen LogP contribution >= 0.6 is 0 Å². The van der Waals surface area contributed by atoms with Gasteiger partial charge in [-0.05, 0) is 53.1 Å². The fourth-order valence-electron chi connectivity index (χ4n) is 4.38.